The largest absolute Gasteiger partial charge is 0.497 e. The van der Waals surface area contributed by atoms with Crippen molar-refractivity contribution >= 4 is 0 Å². The first kappa shape index (κ1) is 15.9. The molecule has 0 aliphatic rings. The summed E-state index contributed by atoms with van der Waals surface area (Å²) in [6, 6.07) is 14.8. The molecule has 0 amide bonds. The van der Waals surface area contributed by atoms with Crippen molar-refractivity contribution < 1.29 is 18.6 Å². The van der Waals surface area contributed by atoms with Crippen molar-refractivity contribution in [3.05, 3.63) is 54.4 Å². The number of ether oxygens (including phenoxy) is 3. The Labute approximate surface area is 140 Å². The first-order valence-corrected chi connectivity index (χ1v) is 7.61. The third-order valence-corrected chi connectivity index (χ3v) is 3.30. The van der Waals surface area contributed by atoms with Gasteiger partial charge in [0.2, 0.25) is 5.89 Å². The number of rotatable bonds is 7. The summed E-state index contributed by atoms with van der Waals surface area (Å²) in [5.74, 6) is 3.15. The first-order chi connectivity index (χ1) is 11.8. The summed E-state index contributed by atoms with van der Waals surface area (Å²) in [7, 11) is 1.62. The zero-order valence-electron chi connectivity index (χ0n) is 13.6. The van der Waals surface area contributed by atoms with Crippen LogP contribution in [0.15, 0.2) is 52.9 Å². The highest BCUT2D eigenvalue weighted by Gasteiger charge is 2.09. The lowest BCUT2D eigenvalue weighted by Gasteiger charge is -2.05. The molecule has 6 heteroatoms. The Morgan fingerprint density at radius 2 is 1.46 bits per heavy atom. The maximum absolute atomic E-state index is 5.64. The minimum Gasteiger partial charge on any atom is -0.497 e. The Morgan fingerprint density at radius 3 is 2.08 bits per heavy atom. The van der Waals surface area contributed by atoms with Crippen molar-refractivity contribution in [1.29, 1.82) is 0 Å². The molecule has 3 aromatic rings. The highest BCUT2D eigenvalue weighted by atomic mass is 16.5. The molecule has 6 nitrogen and oxygen atoms in total. The fourth-order valence-electron chi connectivity index (χ4n) is 2.11. The van der Waals surface area contributed by atoms with E-state index in [9.17, 15) is 0 Å². The average molecular weight is 326 g/mol. The van der Waals surface area contributed by atoms with Gasteiger partial charge in [-0.3, -0.25) is 0 Å². The Morgan fingerprint density at radius 1 is 0.833 bits per heavy atom. The molecule has 0 aliphatic carbocycles. The van der Waals surface area contributed by atoms with Crippen LogP contribution in [0.5, 0.6) is 17.2 Å². The molecule has 0 unspecified atom stereocenters. The normalized spacial score (nSPS) is 10.4. The SMILES string of the molecule is CCOc1ccc(OCc2nnc(-c3ccc(OC)cc3)o2)cc1. The van der Waals surface area contributed by atoms with Crippen LogP contribution in [0, 0.1) is 0 Å². The van der Waals surface area contributed by atoms with Gasteiger partial charge in [0.05, 0.1) is 13.7 Å². The Balaban J connectivity index is 1.61. The molecule has 1 aromatic heterocycles. The van der Waals surface area contributed by atoms with E-state index in [1.54, 1.807) is 7.11 Å². The maximum atomic E-state index is 5.64. The van der Waals surface area contributed by atoms with Gasteiger partial charge < -0.3 is 18.6 Å². The molecule has 0 saturated heterocycles. The summed E-state index contributed by atoms with van der Waals surface area (Å²) >= 11 is 0. The molecule has 24 heavy (non-hydrogen) atoms. The molecule has 0 atom stereocenters. The number of nitrogens with zero attached hydrogens (tertiary/aromatic N) is 2. The molecule has 2 aromatic carbocycles. The summed E-state index contributed by atoms with van der Waals surface area (Å²) < 4.78 is 21.8. The van der Waals surface area contributed by atoms with Crippen LogP contribution >= 0.6 is 0 Å². The molecule has 124 valence electrons. The molecular formula is C18H18N2O4. The van der Waals surface area contributed by atoms with Crippen molar-refractivity contribution in [1.82, 2.24) is 10.2 Å². The molecule has 0 spiro atoms. The van der Waals surface area contributed by atoms with E-state index < -0.39 is 0 Å². The van der Waals surface area contributed by atoms with E-state index in [0.29, 0.717) is 24.1 Å². The second-order valence-corrected chi connectivity index (χ2v) is 4.92. The van der Waals surface area contributed by atoms with E-state index in [-0.39, 0.29) is 6.61 Å². The predicted molar refractivity (Wildman–Crippen MR) is 88.2 cm³/mol. The summed E-state index contributed by atoms with van der Waals surface area (Å²) in [5, 5.41) is 8.03. The summed E-state index contributed by atoms with van der Waals surface area (Å²) in [6.45, 7) is 2.79. The van der Waals surface area contributed by atoms with Gasteiger partial charge in [-0.2, -0.15) is 0 Å². The van der Waals surface area contributed by atoms with Crippen LogP contribution in [0.1, 0.15) is 12.8 Å². The zero-order valence-corrected chi connectivity index (χ0v) is 13.6. The third-order valence-electron chi connectivity index (χ3n) is 3.30. The molecule has 0 radical (unpaired) electrons. The number of methoxy groups -OCH3 is 1. The predicted octanol–water partition coefficient (Wildman–Crippen LogP) is 3.72. The van der Waals surface area contributed by atoms with Gasteiger partial charge in [0.25, 0.3) is 5.89 Å². The van der Waals surface area contributed by atoms with Crippen molar-refractivity contribution in [2.45, 2.75) is 13.5 Å². The number of hydrogen-bond acceptors (Lipinski definition) is 6. The summed E-state index contributed by atoms with van der Waals surface area (Å²) in [4.78, 5) is 0. The topological polar surface area (TPSA) is 66.6 Å². The standard InChI is InChI=1S/C18H18N2O4/c1-3-22-15-8-10-16(11-9-15)23-12-17-19-20-18(24-17)13-4-6-14(21-2)7-5-13/h4-11H,3,12H2,1-2H3. The Kier molecular flexibility index (Phi) is 4.96. The number of benzene rings is 2. The van der Waals surface area contributed by atoms with Gasteiger partial charge in [0.15, 0.2) is 6.61 Å². The monoisotopic (exact) mass is 326 g/mol. The van der Waals surface area contributed by atoms with Crippen molar-refractivity contribution in [3.8, 4) is 28.7 Å². The summed E-state index contributed by atoms with van der Waals surface area (Å²) in [6.07, 6.45) is 0. The summed E-state index contributed by atoms with van der Waals surface area (Å²) in [5.41, 5.74) is 0.829. The molecule has 0 aliphatic heterocycles. The van der Waals surface area contributed by atoms with Gasteiger partial charge in [-0.25, -0.2) is 0 Å². The molecule has 0 fully saturated rings. The molecular weight excluding hydrogens is 308 g/mol. The molecule has 3 rings (SSSR count). The Bertz CT molecular complexity index is 766. The fraction of sp³-hybridized carbons (Fsp3) is 0.222. The van der Waals surface area contributed by atoms with Crippen molar-refractivity contribution in [2.24, 2.45) is 0 Å². The van der Waals surface area contributed by atoms with E-state index in [4.69, 9.17) is 18.6 Å². The zero-order chi connectivity index (χ0) is 16.8. The third kappa shape index (κ3) is 3.84. The number of hydrogen-bond donors (Lipinski definition) is 0. The lowest BCUT2D eigenvalue weighted by atomic mass is 10.2. The average Bonchev–Trinajstić information content (AvgIpc) is 3.10. The highest BCUT2D eigenvalue weighted by Crippen LogP contribution is 2.22. The smallest absolute Gasteiger partial charge is 0.254 e. The van der Waals surface area contributed by atoms with Gasteiger partial charge in [-0.15, -0.1) is 10.2 Å². The van der Waals surface area contributed by atoms with Gasteiger partial charge in [-0.1, -0.05) is 0 Å². The molecule has 1 heterocycles. The van der Waals surface area contributed by atoms with Crippen LogP contribution in [-0.4, -0.2) is 23.9 Å². The lowest BCUT2D eigenvalue weighted by Crippen LogP contribution is -1.96. The maximum Gasteiger partial charge on any atom is 0.254 e. The van der Waals surface area contributed by atoms with Crippen LogP contribution in [0.25, 0.3) is 11.5 Å². The van der Waals surface area contributed by atoms with Gasteiger partial charge >= 0.3 is 0 Å². The molecule has 0 N–H and O–H groups in total. The number of aromatic nitrogens is 2. The quantitative estimate of drug-likeness (QED) is 0.659. The van der Waals surface area contributed by atoms with E-state index in [1.807, 2.05) is 55.5 Å². The second-order valence-electron chi connectivity index (χ2n) is 4.92. The van der Waals surface area contributed by atoms with E-state index >= 15 is 0 Å². The van der Waals surface area contributed by atoms with E-state index in [0.717, 1.165) is 17.1 Å². The second kappa shape index (κ2) is 7.50. The van der Waals surface area contributed by atoms with Crippen LogP contribution in [0.4, 0.5) is 0 Å². The first-order valence-electron chi connectivity index (χ1n) is 7.61. The van der Waals surface area contributed by atoms with Crippen molar-refractivity contribution in [2.75, 3.05) is 13.7 Å². The minimum absolute atomic E-state index is 0.205. The van der Waals surface area contributed by atoms with Crippen LogP contribution in [0.3, 0.4) is 0 Å². The van der Waals surface area contributed by atoms with Crippen LogP contribution < -0.4 is 14.2 Å². The van der Waals surface area contributed by atoms with Gasteiger partial charge in [0.1, 0.15) is 17.2 Å². The molecule has 0 bridgehead atoms. The van der Waals surface area contributed by atoms with E-state index in [2.05, 4.69) is 10.2 Å². The van der Waals surface area contributed by atoms with Crippen LogP contribution in [-0.2, 0) is 6.61 Å². The van der Waals surface area contributed by atoms with Crippen LogP contribution in [0.2, 0.25) is 0 Å². The fourth-order valence-corrected chi connectivity index (χ4v) is 2.11. The van der Waals surface area contributed by atoms with Crippen molar-refractivity contribution in [3.63, 3.8) is 0 Å². The minimum atomic E-state index is 0.205. The highest BCUT2D eigenvalue weighted by molar-refractivity contribution is 5.53. The van der Waals surface area contributed by atoms with Gasteiger partial charge in [-0.05, 0) is 55.5 Å². The van der Waals surface area contributed by atoms with Gasteiger partial charge in [0, 0.05) is 5.56 Å². The molecule has 0 saturated carbocycles. The van der Waals surface area contributed by atoms with E-state index in [1.165, 1.54) is 0 Å². The lowest BCUT2D eigenvalue weighted by molar-refractivity contribution is 0.264. The Hall–Kier alpha value is -3.02.